The molecule has 0 radical (unpaired) electrons. The third kappa shape index (κ3) is 7.36. The zero-order valence-electron chi connectivity index (χ0n) is 11.0. The Labute approximate surface area is 105 Å². The van der Waals surface area contributed by atoms with Crippen molar-refractivity contribution in [3.05, 3.63) is 60.4 Å². The predicted octanol–water partition coefficient (Wildman–Crippen LogP) is 3.67. The molecule has 0 aromatic heterocycles. The lowest BCUT2D eigenvalue weighted by Crippen LogP contribution is -2.22. The lowest BCUT2D eigenvalue weighted by atomic mass is 10.1. The van der Waals surface area contributed by atoms with Gasteiger partial charge in [0.2, 0.25) is 0 Å². The Morgan fingerprint density at radius 3 is 2.47 bits per heavy atom. The minimum atomic E-state index is 0.223. The predicted molar refractivity (Wildman–Crippen MR) is 76.1 cm³/mol. The summed E-state index contributed by atoms with van der Waals surface area (Å²) < 4.78 is 0. The van der Waals surface area contributed by atoms with E-state index in [0.717, 1.165) is 17.7 Å². The van der Waals surface area contributed by atoms with Crippen molar-refractivity contribution < 1.29 is 5.11 Å². The van der Waals surface area contributed by atoms with E-state index >= 15 is 0 Å². The SMILES string of the molecule is C=C\C=C/C(C(=C)C)=C(O)/C=C/CNC(C)C. The minimum Gasteiger partial charge on any atom is -0.507 e. The van der Waals surface area contributed by atoms with Crippen LogP contribution < -0.4 is 5.32 Å². The molecule has 2 nitrogen and oxygen atoms in total. The Morgan fingerprint density at radius 1 is 1.35 bits per heavy atom. The van der Waals surface area contributed by atoms with Crippen LogP contribution in [0.25, 0.3) is 0 Å². The Bertz CT molecular complexity index is 346. The molecule has 94 valence electrons. The highest BCUT2D eigenvalue weighted by atomic mass is 16.3. The first kappa shape index (κ1) is 15.5. The van der Waals surface area contributed by atoms with E-state index in [1.54, 1.807) is 24.3 Å². The van der Waals surface area contributed by atoms with Gasteiger partial charge in [-0.25, -0.2) is 0 Å². The number of hydrogen-bond donors (Lipinski definition) is 2. The number of aliphatic hydroxyl groups is 1. The molecule has 0 bridgehead atoms. The van der Waals surface area contributed by atoms with Gasteiger partial charge in [0.25, 0.3) is 0 Å². The molecule has 0 heterocycles. The quantitative estimate of drug-likeness (QED) is 0.519. The van der Waals surface area contributed by atoms with Gasteiger partial charge in [-0.1, -0.05) is 51.3 Å². The van der Waals surface area contributed by atoms with Crippen LogP contribution in [0.5, 0.6) is 0 Å². The van der Waals surface area contributed by atoms with Crippen LogP contribution in [-0.2, 0) is 0 Å². The number of hydrogen-bond acceptors (Lipinski definition) is 2. The molecular formula is C15H23NO. The van der Waals surface area contributed by atoms with E-state index in [2.05, 4.69) is 32.3 Å². The van der Waals surface area contributed by atoms with E-state index in [1.807, 2.05) is 13.0 Å². The first-order valence-corrected chi connectivity index (χ1v) is 5.77. The van der Waals surface area contributed by atoms with Gasteiger partial charge in [0.05, 0.1) is 0 Å². The zero-order chi connectivity index (χ0) is 13.3. The zero-order valence-corrected chi connectivity index (χ0v) is 11.0. The van der Waals surface area contributed by atoms with E-state index in [9.17, 15) is 5.11 Å². The lowest BCUT2D eigenvalue weighted by Gasteiger charge is -2.05. The average molecular weight is 233 g/mol. The number of rotatable bonds is 7. The standard InChI is InChI=1S/C15H23NO/c1-6-7-9-14(12(2)3)15(17)10-8-11-16-13(4)5/h6-10,13,16-17H,1-2,11H2,3-5H3/b9-7-,10-8+,15-14+. The molecule has 0 saturated carbocycles. The average Bonchev–Trinajstić information content (AvgIpc) is 2.24. The van der Waals surface area contributed by atoms with Gasteiger partial charge >= 0.3 is 0 Å². The summed E-state index contributed by atoms with van der Waals surface area (Å²) in [6.07, 6.45) is 8.82. The summed E-state index contributed by atoms with van der Waals surface area (Å²) in [4.78, 5) is 0. The van der Waals surface area contributed by atoms with Crippen LogP contribution in [0.4, 0.5) is 0 Å². The van der Waals surface area contributed by atoms with E-state index in [4.69, 9.17) is 0 Å². The Morgan fingerprint density at radius 2 is 2.00 bits per heavy atom. The Balaban J connectivity index is 4.66. The van der Waals surface area contributed by atoms with Crippen molar-refractivity contribution in [2.24, 2.45) is 0 Å². The topological polar surface area (TPSA) is 32.3 Å². The van der Waals surface area contributed by atoms with Gasteiger partial charge in [-0.2, -0.15) is 0 Å². The second kappa shape index (κ2) is 8.59. The van der Waals surface area contributed by atoms with Gasteiger partial charge < -0.3 is 10.4 Å². The minimum absolute atomic E-state index is 0.223. The highest BCUT2D eigenvalue weighted by Crippen LogP contribution is 2.13. The van der Waals surface area contributed by atoms with Crippen LogP contribution in [0.1, 0.15) is 20.8 Å². The van der Waals surface area contributed by atoms with Gasteiger partial charge in [-0.15, -0.1) is 0 Å². The molecule has 0 aliphatic rings. The van der Waals surface area contributed by atoms with Crippen LogP contribution in [0.2, 0.25) is 0 Å². The molecule has 2 heteroatoms. The highest BCUT2D eigenvalue weighted by molar-refractivity contribution is 5.42. The maximum atomic E-state index is 9.89. The molecule has 0 aliphatic heterocycles. The van der Waals surface area contributed by atoms with Crippen molar-refractivity contribution in [2.45, 2.75) is 26.8 Å². The normalized spacial score (nSPS) is 13.4. The molecular weight excluding hydrogens is 210 g/mol. The van der Waals surface area contributed by atoms with Crippen LogP contribution in [-0.4, -0.2) is 17.7 Å². The van der Waals surface area contributed by atoms with Crippen LogP contribution in [0.15, 0.2) is 60.4 Å². The third-order valence-corrected chi connectivity index (χ3v) is 2.05. The van der Waals surface area contributed by atoms with E-state index in [1.165, 1.54) is 0 Å². The molecule has 0 atom stereocenters. The number of aliphatic hydroxyl groups excluding tert-OH is 1. The van der Waals surface area contributed by atoms with E-state index in [-0.39, 0.29) is 5.76 Å². The van der Waals surface area contributed by atoms with Crippen LogP contribution in [0, 0.1) is 0 Å². The molecule has 0 spiro atoms. The number of allylic oxidation sites excluding steroid dienone is 6. The maximum Gasteiger partial charge on any atom is 0.122 e. The van der Waals surface area contributed by atoms with Crippen molar-refractivity contribution >= 4 is 0 Å². The molecule has 0 fully saturated rings. The van der Waals surface area contributed by atoms with Gasteiger partial charge in [-0.05, 0) is 18.6 Å². The van der Waals surface area contributed by atoms with Crippen molar-refractivity contribution in [1.29, 1.82) is 0 Å². The maximum absolute atomic E-state index is 9.89. The molecule has 0 unspecified atom stereocenters. The third-order valence-electron chi connectivity index (χ3n) is 2.05. The molecule has 0 rings (SSSR count). The summed E-state index contributed by atoms with van der Waals surface area (Å²) in [5.74, 6) is 0.223. The summed E-state index contributed by atoms with van der Waals surface area (Å²) in [6, 6.07) is 0.437. The molecule has 0 aliphatic carbocycles. The highest BCUT2D eigenvalue weighted by Gasteiger charge is 1.99. The van der Waals surface area contributed by atoms with Crippen LogP contribution in [0.3, 0.4) is 0 Å². The van der Waals surface area contributed by atoms with Gasteiger partial charge in [-0.3, -0.25) is 0 Å². The second-order valence-electron chi connectivity index (χ2n) is 4.14. The van der Waals surface area contributed by atoms with Crippen molar-refractivity contribution in [3.8, 4) is 0 Å². The molecule has 0 saturated heterocycles. The first-order chi connectivity index (χ1) is 7.99. The summed E-state index contributed by atoms with van der Waals surface area (Å²) >= 11 is 0. The Kier molecular flexibility index (Phi) is 7.82. The largest absolute Gasteiger partial charge is 0.507 e. The first-order valence-electron chi connectivity index (χ1n) is 5.77. The smallest absolute Gasteiger partial charge is 0.122 e. The fourth-order valence-electron chi connectivity index (χ4n) is 1.17. The van der Waals surface area contributed by atoms with Crippen molar-refractivity contribution in [3.63, 3.8) is 0 Å². The fraction of sp³-hybridized carbons (Fsp3) is 0.333. The summed E-state index contributed by atoms with van der Waals surface area (Å²) in [5, 5.41) is 13.1. The molecule has 0 aromatic rings. The van der Waals surface area contributed by atoms with E-state index < -0.39 is 0 Å². The number of nitrogens with one attached hydrogen (secondary N) is 1. The fourth-order valence-corrected chi connectivity index (χ4v) is 1.17. The molecule has 0 amide bonds. The summed E-state index contributed by atoms with van der Waals surface area (Å²) in [7, 11) is 0. The lowest BCUT2D eigenvalue weighted by molar-refractivity contribution is 0.428. The van der Waals surface area contributed by atoms with E-state index in [0.29, 0.717) is 6.04 Å². The van der Waals surface area contributed by atoms with Gasteiger partial charge in [0.15, 0.2) is 0 Å². The molecule has 2 N–H and O–H groups in total. The molecule has 17 heavy (non-hydrogen) atoms. The monoisotopic (exact) mass is 233 g/mol. The van der Waals surface area contributed by atoms with Gasteiger partial charge in [0.1, 0.15) is 5.76 Å². The summed E-state index contributed by atoms with van der Waals surface area (Å²) in [5.41, 5.74) is 1.55. The second-order valence-corrected chi connectivity index (χ2v) is 4.14. The summed E-state index contributed by atoms with van der Waals surface area (Å²) in [6.45, 7) is 14.2. The van der Waals surface area contributed by atoms with Gasteiger partial charge in [0, 0.05) is 18.2 Å². The van der Waals surface area contributed by atoms with Crippen molar-refractivity contribution in [1.82, 2.24) is 5.32 Å². The van der Waals surface area contributed by atoms with Crippen LogP contribution >= 0.6 is 0 Å². The van der Waals surface area contributed by atoms with Crippen molar-refractivity contribution in [2.75, 3.05) is 6.54 Å². The Hall–Kier alpha value is -1.54. The molecule has 0 aromatic carbocycles.